The zero-order valence-corrected chi connectivity index (χ0v) is 10.4. The molecule has 0 unspecified atom stereocenters. The van der Waals surface area contributed by atoms with Crippen LogP contribution in [0.2, 0.25) is 0 Å². The van der Waals surface area contributed by atoms with Gasteiger partial charge in [0.1, 0.15) is 0 Å². The van der Waals surface area contributed by atoms with Crippen molar-refractivity contribution < 1.29 is 0 Å². The van der Waals surface area contributed by atoms with Gasteiger partial charge < -0.3 is 0 Å². The third-order valence-electron chi connectivity index (χ3n) is 2.20. The molecule has 0 spiro atoms. The summed E-state index contributed by atoms with van der Waals surface area (Å²) in [5.41, 5.74) is 2.61. The van der Waals surface area contributed by atoms with E-state index in [0.29, 0.717) is 5.88 Å². The molecule has 0 aliphatic carbocycles. The molecule has 0 saturated carbocycles. The summed E-state index contributed by atoms with van der Waals surface area (Å²) >= 11 is 5.55. The molecule has 1 heteroatoms. The lowest BCUT2D eigenvalue weighted by atomic mass is 9.87. The Morgan fingerprint density at radius 2 is 1.73 bits per heavy atom. The Kier molecular flexibility index (Phi) is 4.24. The fourth-order valence-corrected chi connectivity index (χ4v) is 1.36. The first-order valence-electron chi connectivity index (χ1n) is 5.19. The van der Waals surface area contributed by atoms with E-state index in [1.807, 2.05) is 0 Å². The van der Waals surface area contributed by atoms with E-state index in [2.05, 4.69) is 56.9 Å². The molecule has 0 heterocycles. The van der Waals surface area contributed by atoms with Crippen LogP contribution in [-0.2, 0) is 5.41 Å². The fraction of sp³-hybridized carbons (Fsp3) is 0.429. The molecule has 0 atom stereocenters. The first-order valence-corrected chi connectivity index (χ1v) is 5.73. The fourth-order valence-electron chi connectivity index (χ4n) is 1.27. The predicted octanol–water partition coefficient (Wildman–Crippen LogP) is 3.96. The van der Waals surface area contributed by atoms with Crippen molar-refractivity contribution in [2.75, 3.05) is 5.88 Å². The van der Waals surface area contributed by atoms with E-state index in [-0.39, 0.29) is 5.41 Å². The Labute approximate surface area is 97.7 Å². The largest absolute Gasteiger partial charge is 0.126 e. The molecule has 0 bridgehead atoms. The Morgan fingerprint density at radius 1 is 1.13 bits per heavy atom. The summed E-state index contributed by atoms with van der Waals surface area (Å²) in [6.07, 6.45) is 0.753. The zero-order valence-electron chi connectivity index (χ0n) is 9.60. The van der Waals surface area contributed by atoms with Gasteiger partial charge in [-0.05, 0) is 23.1 Å². The quantitative estimate of drug-likeness (QED) is 0.497. The number of hydrogen-bond acceptors (Lipinski definition) is 0. The molecule has 0 aromatic heterocycles. The Balaban J connectivity index is 2.79. The highest BCUT2D eigenvalue weighted by Gasteiger charge is 2.12. The second-order valence-electron chi connectivity index (χ2n) is 4.57. The standard InChI is InChI=1S/C14H17Cl/c1-14(2,3)13-9-7-12(8-10-13)6-4-5-11-15/h7-10H,5,11H2,1-3H3. The van der Waals surface area contributed by atoms with Crippen molar-refractivity contribution >= 4 is 11.6 Å². The van der Waals surface area contributed by atoms with Crippen molar-refractivity contribution in [3.63, 3.8) is 0 Å². The summed E-state index contributed by atoms with van der Waals surface area (Å²) in [7, 11) is 0. The van der Waals surface area contributed by atoms with Gasteiger partial charge in [-0.2, -0.15) is 0 Å². The van der Waals surface area contributed by atoms with Crippen LogP contribution in [0, 0.1) is 11.8 Å². The lowest BCUT2D eigenvalue weighted by Crippen LogP contribution is -2.10. The zero-order chi connectivity index (χ0) is 11.3. The molecule has 15 heavy (non-hydrogen) atoms. The maximum Gasteiger partial charge on any atom is 0.0333 e. The number of halogens is 1. The van der Waals surface area contributed by atoms with Gasteiger partial charge in [0, 0.05) is 17.9 Å². The maximum absolute atomic E-state index is 5.55. The van der Waals surface area contributed by atoms with Crippen molar-refractivity contribution in [1.82, 2.24) is 0 Å². The highest BCUT2D eigenvalue weighted by Crippen LogP contribution is 2.21. The molecule has 0 aliphatic heterocycles. The van der Waals surface area contributed by atoms with E-state index in [1.165, 1.54) is 5.56 Å². The molecule has 0 fully saturated rings. The van der Waals surface area contributed by atoms with E-state index in [9.17, 15) is 0 Å². The highest BCUT2D eigenvalue weighted by atomic mass is 35.5. The number of benzene rings is 1. The summed E-state index contributed by atoms with van der Waals surface area (Å²) < 4.78 is 0. The van der Waals surface area contributed by atoms with Gasteiger partial charge in [-0.1, -0.05) is 44.7 Å². The van der Waals surface area contributed by atoms with E-state index in [1.54, 1.807) is 0 Å². The number of hydrogen-bond donors (Lipinski definition) is 0. The summed E-state index contributed by atoms with van der Waals surface area (Å²) in [6, 6.07) is 8.43. The normalized spacial score (nSPS) is 10.7. The second kappa shape index (κ2) is 5.24. The summed E-state index contributed by atoms with van der Waals surface area (Å²) in [5.74, 6) is 6.72. The minimum absolute atomic E-state index is 0.210. The van der Waals surface area contributed by atoms with Crippen LogP contribution in [0.5, 0.6) is 0 Å². The molecule has 0 nitrogen and oxygen atoms in total. The third-order valence-corrected chi connectivity index (χ3v) is 2.39. The van der Waals surface area contributed by atoms with Crippen LogP contribution < -0.4 is 0 Å². The van der Waals surface area contributed by atoms with Crippen molar-refractivity contribution in [3.8, 4) is 11.8 Å². The number of rotatable bonds is 1. The molecule has 80 valence electrons. The summed E-state index contributed by atoms with van der Waals surface area (Å²) in [4.78, 5) is 0. The lowest BCUT2D eigenvalue weighted by Gasteiger charge is -2.18. The summed E-state index contributed by atoms with van der Waals surface area (Å²) in [6.45, 7) is 6.63. The molecule has 1 rings (SSSR count). The topological polar surface area (TPSA) is 0 Å². The minimum atomic E-state index is 0.210. The van der Waals surface area contributed by atoms with Crippen LogP contribution in [-0.4, -0.2) is 5.88 Å². The van der Waals surface area contributed by atoms with E-state index in [0.717, 1.165) is 12.0 Å². The molecule has 1 aromatic carbocycles. The maximum atomic E-state index is 5.55. The SMILES string of the molecule is CC(C)(C)c1ccc(C#CCCCl)cc1. The third kappa shape index (κ3) is 3.98. The van der Waals surface area contributed by atoms with Gasteiger partial charge in [-0.15, -0.1) is 11.6 Å². The Hall–Kier alpha value is -0.930. The van der Waals surface area contributed by atoms with Gasteiger partial charge in [-0.25, -0.2) is 0 Å². The van der Waals surface area contributed by atoms with Crippen LogP contribution in [0.3, 0.4) is 0 Å². The first-order chi connectivity index (χ1) is 7.04. The van der Waals surface area contributed by atoms with Gasteiger partial charge in [0.2, 0.25) is 0 Å². The van der Waals surface area contributed by atoms with Crippen LogP contribution in [0.25, 0.3) is 0 Å². The molecule has 0 saturated heterocycles. The predicted molar refractivity (Wildman–Crippen MR) is 67.4 cm³/mol. The van der Waals surface area contributed by atoms with Gasteiger partial charge in [0.05, 0.1) is 0 Å². The van der Waals surface area contributed by atoms with Gasteiger partial charge >= 0.3 is 0 Å². The second-order valence-corrected chi connectivity index (χ2v) is 4.95. The average Bonchev–Trinajstić information content (AvgIpc) is 2.18. The molecule has 1 aromatic rings. The number of alkyl halides is 1. The van der Waals surface area contributed by atoms with Gasteiger partial charge in [0.25, 0.3) is 0 Å². The molecular formula is C14H17Cl. The first kappa shape index (κ1) is 12.1. The van der Waals surface area contributed by atoms with Crippen LogP contribution >= 0.6 is 11.6 Å². The van der Waals surface area contributed by atoms with Crippen molar-refractivity contribution in [2.24, 2.45) is 0 Å². The lowest BCUT2D eigenvalue weighted by molar-refractivity contribution is 0.590. The Bertz CT molecular complexity index is 357. The van der Waals surface area contributed by atoms with Crippen LogP contribution in [0.4, 0.5) is 0 Å². The van der Waals surface area contributed by atoms with Crippen molar-refractivity contribution in [2.45, 2.75) is 32.6 Å². The van der Waals surface area contributed by atoms with Crippen LogP contribution in [0.15, 0.2) is 24.3 Å². The smallest absolute Gasteiger partial charge is 0.0333 e. The van der Waals surface area contributed by atoms with E-state index in [4.69, 9.17) is 11.6 Å². The van der Waals surface area contributed by atoms with Crippen molar-refractivity contribution in [1.29, 1.82) is 0 Å². The van der Waals surface area contributed by atoms with Crippen molar-refractivity contribution in [3.05, 3.63) is 35.4 Å². The van der Waals surface area contributed by atoms with Gasteiger partial charge in [0.15, 0.2) is 0 Å². The molecular weight excluding hydrogens is 204 g/mol. The summed E-state index contributed by atoms with van der Waals surface area (Å²) in [5, 5.41) is 0. The van der Waals surface area contributed by atoms with E-state index < -0.39 is 0 Å². The average molecular weight is 221 g/mol. The molecule has 0 radical (unpaired) electrons. The van der Waals surface area contributed by atoms with E-state index >= 15 is 0 Å². The minimum Gasteiger partial charge on any atom is -0.126 e. The highest BCUT2D eigenvalue weighted by molar-refractivity contribution is 6.18. The molecule has 0 N–H and O–H groups in total. The molecule has 0 amide bonds. The Morgan fingerprint density at radius 3 is 2.20 bits per heavy atom. The van der Waals surface area contributed by atoms with Gasteiger partial charge in [-0.3, -0.25) is 0 Å². The van der Waals surface area contributed by atoms with Crippen LogP contribution in [0.1, 0.15) is 38.3 Å². The molecule has 0 aliphatic rings. The monoisotopic (exact) mass is 220 g/mol.